The number of rotatable bonds is 3. The van der Waals surface area contributed by atoms with Crippen LogP contribution in [0.15, 0.2) is 54.7 Å². The molecule has 1 N–H and O–H groups in total. The van der Waals surface area contributed by atoms with Gasteiger partial charge >= 0.3 is 0 Å². The van der Waals surface area contributed by atoms with Crippen molar-refractivity contribution < 1.29 is 0 Å². The summed E-state index contributed by atoms with van der Waals surface area (Å²) in [5.74, 6) is 0.891. The fraction of sp³-hybridized carbons (Fsp3) is 0.0625. The third kappa shape index (κ3) is 2.72. The lowest BCUT2D eigenvalue weighted by atomic mass is 10.1. The highest BCUT2D eigenvalue weighted by Crippen LogP contribution is 2.33. The first-order valence-corrected chi connectivity index (χ1v) is 7.02. The molecule has 0 aliphatic carbocycles. The summed E-state index contributed by atoms with van der Waals surface area (Å²) in [7, 11) is 0. The summed E-state index contributed by atoms with van der Waals surface area (Å²) in [6.07, 6.45) is 2.52. The first kappa shape index (κ1) is 13.2. The minimum absolute atomic E-state index is 0.618. The van der Waals surface area contributed by atoms with Crippen molar-refractivity contribution in [2.45, 2.75) is 6.42 Å². The Balaban J connectivity index is 1.91. The second-order valence-corrected chi connectivity index (χ2v) is 5.32. The average Bonchev–Trinajstić information content (AvgIpc) is 2.88. The molecule has 0 radical (unpaired) electrons. The van der Waals surface area contributed by atoms with Crippen molar-refractivity contribution in [2.75, 3.05) is 0 Å². The molecule has 0 spiro atoms. The van der Waals surface area contributed by atoms with E-state index in [2.05, 4.69) is 22.1 Å². The van der Waals surface area contributed by atoms with E-state index in [1.807, 2.05) is 36.4 Å². The number of nitrogens with one attached hydrogen (secondary N) is 1. The molecule has 0 aliphatic heterocycles. The van der Waals surface area contributed by atoms with Crippen molar-refractivity contribution in [3.8, 4) is 11.3 Å². The quantitative estimate of drug-likeness (QED) is 0.726. The van der Waals surface area contributed by atoms with Crippen LogP contribution in [-0.2, 0) is 6.42 Å². The van der Waals surface area contributed by atoms with Crippen LogP contribution in [-0.4, -0.2) is 9.97 Å². The van der Waals surface area contributed by atoms with E-state index < -0.39 is 0 Å². The minimum Gasteiger partial charge on any atom is -0.342 e. The van der Waals surface area contributed by atoms with Crippen LogP contribution in [0.5, 0.6) is 0 Å². The minimum atomic E-state index is 0.618. The number of aromatic amines is 1. The summed E-state index contributed by atoms with van der Waals surface area (Å²) in [5.41, 5.74) is 2.84. The van der Waals surface area contributed by atoms with E-state index in [1.165, 1.54) is 5.56 Å². The topological polar surface area (TPSA) is 28.7 Å². The van der Waals surface area contributed by atoms with Gasteiger partial charge in [-0.1, -0.05) is 59.6 Å². The highest BCUT2D eigenvalue weighted by molar-refractivity contribution is 6.39. The van der Waals surface area contributed by atoms with Crippen LogP contribution in [0.4, 0.5) is 0 Å². The summed E-state index contributed by atoms with van der Waals surface area (Å²) in [4.78, 5) is 7.68. The van der Waals surface area contributed by atoms with E-state index >= 15 is 0 Å². The average molecular weight is 303 g/mol. The third-order valence-electron chi connectivity index (χ3n) is 3.07. The molecule has 0 atom stereocenters. The molecule has 0 unspecified atom stereocenters. The monoisotopic (exact) mass is 302 g/mol. The van der Waals surface area contributed by atoms with E-state index in [1.54, 1.807) is 6.20 Å². The normalized spacial score (nSPS) is 10.7. The number of imidazole rings is 1. The standard InChI is InChI=1S/C16H12Cl2N2/c17-12-7-4-8-13(18)16(12)14-10-19-15(20-14)9-11-5-2-1-3-6-11/h1-8,10H,9H2,(H,19,20). The zero-order valence-corrected chi connectivity index (χ0v) is 12.1. The fourth-order valence-corrected chi connectivity index (χ4v) is 2.72. The van der Waals surface area contributed by atoms with Crippen molar-refractivity contribution in [1.82, 2.24) is 9.97 Å². The lowest BCUT2D eigenvalue weighted by Gasteiger charge is -2.03. The second-order valence-electron chi connectivity index (χ2n) is 4.50. The Morgan fingerprint density at radius 3 is 2.30 bits per heavy atom. The number of hydrogen-bond donors (Lipinski definition) is 1. The van der Waals surface area contributed by atoms with E-state index in [9.17, 15) is 0 Å². The molecule has 2 nitrogen and oxygen atoms in total. The van der Waals surface area contributed by atoms with Crippen LogP contribution in [0.2, 0.25) is 10.0 Å². The van der Waals surface area contributed by atoms with Crippen LogP contribution >= 0.6 is 23.2 Å². The number of benzene rings is 2. The summed E-state index contributed by atoms with van der Waals surface area (Å²) in [6.45, 7) is 0. The van der Waals surface area contributed by atoms with E-state index in [0.717, 1.165) is 23.5 Å². The molecule has 100 valence electrons. The Morgan fingerprint density at radius 1 is 0.900 bits per heavy atom. The van der Waals surface area contributed by atoms with Crippen molar-refractivity contribution >= 4 is 23.2 Å². The first-order chi connectivity index (χ1) is 9.74. The molecule has 1 aromatic heterocycles. The molecular weight excluding hydrogens is 291 g/mol. The van der Waals surface area contributed by atoms with Crippen LogP contribution in [0.25, 0.3) is 11.3 Å². The molecular formula is C16H12Cl2N2. The van der Waals surface area contributed by atoms with E-state index in [-0.39, 0.29) is 0 Å². The predicted molar refractivity (Wildman–Crippen MR) is 83.3 cm³/mol. The maximum atomic E-state index is 6.20. The van der Waals surface area contributed by atoms with E-state index in [4.69, 9.17) is 23.2 Å². The maximum absolute atomic E-state index is 6.20. The highest BCUT2D eigenvalue weighted by Gasteiger charge is 2.11. The van der Waals surface area contributed by atoms with Crippen LogP contribution in [0.3, 0.4) is 0 Å². The number of H-pyrrole nitrogens is 1. The molecule has 0 aliphatic rings. The molecule has 0 bridgehead atoms. The highest BCUT2D eigenvalue weighted by atomic mass is 35.5. The van der Waals surface area contributed by atoms with Crippen molar-refractivity contribution in [1.29, 1.82) is 0 Å². The summed E-state index contributed by atoms with van der Waals surface area (Å²) < 4.78 is 0. The van der Waals surface area contributed by atoms with Gasteiger partial charge in [0.2, 0.25) is 0 Å². The van der Waals surface area contributed by atoms with Gasteiger partial charge in [0.05, 0.1) is 21.9 Å². The molecule has 3 aromatic rings. The van der Waals surface area contributed by atoms with Crippen molar-refractivity contribution in [3.05, 3.63) is 76.2 Å². The number of aromatic nitrogens is 2. The molecule has 1 heterocycles. The summed E-state index contributed by atoms with van der Waals surface area (Å²) >= 11 is 12.4. The van der Waals surface area contributed by atoms with E-state index in [0.29, 0.717) is 10.0 Å². The van der Waals surface area contributed by atoms with Crippen LogP contribution in [0, 0.1) is 0 Å². The second kappa shape index (κ2) is 5.70. The summed E-state index contributed by atoms with van der Waals surface area (Å²) in [6, 6.07) is 15.7. The van der Waals surface area contributed by atoms with Crippen molar-refractivity contribution in [2.24, 2.45) is 0 Å². The molecule has 2 aromatic carbocycles. The van der Waals surface area contributed by atoms with Crippen molar-refractivity contribution in [3.63, 3.8) is 0 Å². The van der Waals surface area contributed by atoms with Gasteiger partial charge in [-0.2, -0.15) is 0 Å². The molecule has 0 amide bonds. The number of hydrogen-bond acceptors (Lipinski definition) is 1. The smallest absolute Gasteiger partial charge is 0.110 e. The van der Waals surface area contributed by atoms with Gasteiger partial charge in [0.25, 0.3) is 0 Å². The molecule has 0 saturated carbocycles. The lowest BCUT2D eigenvalue weighted by Crippen LogP contribution is -1.90. The molecule has 0 fully saturated rings. The summed E-state index contributed by atoms with van der Waals surface area (Å²) in [5, 5.41) is 1.24. The Kier molecular flexibility index (Phi) is 3.77. The van der Waals surface area contributed by atoms with Gasteiger partial charge in [0.15, 0.2) is 0 Å². The van der Waals surface area contributed by atoms with Gasteiger partial charge in [-0.15, -0.1) is 0 Å². The Morgan fingerprint density at radius 2 is 1.60 bits per heavy atom. The lowest BCUT2D eigenvalue weighted by molar-refractivity contribution is 1.03. The molecule has 0 saturated heterocycles. The van der Waals surface area contributed by atoms with Gasteiger partial charge in [0, 0.05) is 12.0 Å². The number of halogens is 2. The largest absolute Gasteiger partial charge is 0.342 e. The van der Waals surface area contributed by atoms with Gasteiger partial charge in [-0.25, -0.2) is 4.98 Å². The Labute approximate surface area is 127 Å². The number of nitrogens with zero attached hydrogens (tertiary/aromatic N) is 1. The first-order valence-electron chi connectivity index (χ1n) is 6.26. The predicted octanol–water partition coefficient (Wildman–Crippen LogP) is 4.97. The molecule has 4 heteroatoms. The Hall–Kier alpha value is -1.77. The zero-order valence-electron chi connectivity index (χ0n) is 10.6. The van der Waals surface area contributed by atoms with Gasteiger partial charge < -0.3 is 4.98 Å². The van der Waals surface area contributed by atoms with Gasteiger partial charge in [-0.05, 0) is 17.7 Å². The molecule has 20 heavy (non-hydrogen) atoms. The van der Waals surface area contributed by atoms with Crippen LogP contribution in [0.1, 0.15) is 11.4 Å². The zero-order chi connectivity index (χ0) is 13.9. The van der Waals surface area contributed by atoms with Gasteiger partial charge in [0.1, 0.15) is 5.82 Å². The third-order valence-corrected chi connectivity index (χ3v) is 3.70. The maximum Gasteiger partial charge on any atom is 0.110 e. The van der Waals surface area contributed by atoms with Gasteiger partial charge in [-0.3, -0.25) is 0 Å². The fourth-order valence-electron chi connectivity index (χ4n) is 2.12. The Bertz CT molecular complexity index is 700. The van der Waals surface area contributed by atoms with Crippen LogP contribution < -0.4 is 0 Å². The SMILES string of the molecule is Clc1cccc(Cl)c1-c1cnc(Cc2ccccc2)[nH]1. The molecule has 3 rings (SSSR count).